The molecule has 3 fully saturated rings. The van der Waals surface area contributed by atoms with Gasteiger partial charge in [-0.25, -0.2) is 4.79 Å². The zero-order valence-corrected chi connectivity index (χ0v) is 19.9. The molecule has 1 aromatic heterocycles. The van der Waals surface area contributed by atoms with Crippen LogP contribution in [0.25, 0.3) is 10.1 Å². The van der Waals surface area contributed by atoms with Gasteiger partial charge in [0.1, 0.15) is 0 Å². The van der Waals surface area contributed by atoms with E-state index in [0.29, 0.717) is 19.1 Å². The Bertz CT molecular complexity index is 921. The van der Waals surface area contributed by atoms with Gasteiger partial charge in [-0.1, -0.05) is 6.07 Å². The lowest BCUT2D eigenvalue weighted by Crippen LogP contribution is -2.64. The van der Waals surface area contributed by atoms with E-state index in [1.807, 2.05) is 11.3 Å². The maximum Gasteiger partial charge on any atom is 0.317 e. The van der Waals surface area contributed by atoms with Crippen molar-refractivity contribution in [3.63, 3.8) is 0 Å². The molecule has 0 spiro atoms. The van der Waals surface area contributed by atoms with Crippen molar-refractivity contribution in [2.45, 2.75) is 50.7 Å². The van der Waals surface area contributed by atoms with Crippen LogP contribution in [0.4, 0.5) is 10.5 Å². The van der Waals surface area contributed by atoms with Gasteiger partial charge in [-0.05, 0) is 75.1 Å². The number of likely N-dealkylation sites (tertiary alicyclic amines) is 1. The molecule has 0 bridgehead atoms. The quantitative estimate of drug-likeness (QED) is 0.720. The van der Waals surface area contributed by atoms with Crippen LogP contribution in [0.15, 0.2) is 29.6 Å². The monoisotopic (exact) mass is 456 g/mol. The highest BCUT2D eigenvalue weighted by Gasteiger charge is 2.40. The van der Waals surface area contributed by atoms with Gasteiger partial charge in [-0.15, -0.1) is 11.3 Å². The minimum absolute atomic E-state index is 0.00371. The van der Waals surface area contributed by atoms with Crippen LogP contribution >= 0.6 is 11.3 Å². The molecule has 1 saturated carbocycles. The van der Waals surface area contributed by atoms with E-state index in [9.17, 15) is 9.90 Å². The lowest BCUT2D eigenvalue weighted by molar-refractivity contribution is -0.0612. The number of rotatable bonds is 5. The number of hydrogen-bond donors (Lipinski definition) is 2. The van der Waals surface area contributed by atoms with E-state index in [2.05, 4.69) is 44.8 Å². The van der Waals surface area contributed by atoms with Crippen LogP contribution in [0.2, 0.25) is 0 Å². The molecule has 2 amide bonds. The third-order valence-electron chi connectivity index (χ3n) is 7.56. The summed E-state index contributed by atoms with van der Waals surface area (Å²) in [7, 11) is 0. The molecular weight excluding hydrogens is 420 g/mol. The normalized spacial score (nSPS) is 26.2. The van der Waals surface area contributed by atoms with E-state index < -0.39 is 5.60 Å². The molecule has 6 nitrogen and oxygen atoms in total. The summed E-state index contributed by atoms with van der Waals surface area (Å²) in [5, 5.41) is 16.6. The van der Waals surface area contributed by atoms with E-state index in [4.69, 9.17) is 0 Å². The summed E-state index contributed by atoms with van der Waals surface area (Å²) in [4.78, 5) is 19.2. The molecule has 2 saturated heterocycles. The van der Waals surface area contributed by atoms with E-state index in [1.165, 1.54) is 41.6 Å². The predicted octanol–water partition coefficient (Wildman–Crippen LogP) is 3.75. The average molecular weight is 457 g/mol. The Balaban J connectivity index is 1.01. The Kier molecular flexibility index (Phi) is 6.32. The summed E-state index contributed by atoms with van der Waals surface area (Å²) in [6.07, 6.45) is 5.86. The van der Waals surface area contributed by atoms with Crippen LogP contribution in [0.5, 0.6) is 0 Å². The van der Waals surface area contributed by atoms with E-state index in [0.717, 1.165) is 44.9 Å². The Hall–Kier alpha value is -1.83. The largest absolute Gasteiger partial charge is 0.386 e. The van der Waals surface area contributed by atoms with Gasteiger partial charge in [0.15, 0.2) is 0 Å². The number of hydrogen-bond acceptors (Lipinski definition) is 5. The second kappa shape index (κ2) is 9.20. The standard InChI is InChI=1S/C25H36N4O2S/c1-25(31)17-29(18-25)24(30)26-20-7-5-19(6-8-20)9-11-27-12-14-28(15-13-27)22-3-2-4-23-21(22)10-16-32-23/h2-4,10,16,19-20,31H,5-9,11-15,17-18H2,1H3,(H,26,30). The number of urea groups is 1. The summed E-state index contributed by atoms with van der Waals surface area (Å²) in [5.41, 5.74) is 0.697. The first-order chi connectivity index (χ1) is 15.5. The van der Waals surface area contributed by atoms with Crippen molar-refractivity contribution in [3.8, 4) is 0 Å². The SMILES string of the molecule is CC1(O)CN(C(=O)NC2CCC(CCN3CCN(c4cccc5sccc45)CC3)CC2)C1. The molecular formula is C25H36N4O2S. The zero-order chi connectivity index (χ0) is 22.1. The minimum Gasteiger partial charge on any atom is -0.386 e. The van der Waals surface area contributed by atoms with E-state index in [-0.39, 0.29) is 6.03 Å². The molecule has 3 aliphatic rings. The Labute approximate surface area is 195 Å². The lowest BCUT2D eigenvalue weighted by Gasteiger charge is -2.44. The average Bonchev–Trinajstić information content (AvgIpc) is 3.26. The smallest absolute Gasteiger partial charge is 0.317 e. The van der Waals surface area contributed by atoms with Crippen molar-refractivity contribution < 1.29 is 9.90 Å². The van der Waals surface area contributed by atoms with Gasteiger partial charge in [0, 0.05) is 48.0 Å². The maximum atomic E-state index is 12.3. The third kappa shape index (κ3) is 4.90. The first-order valence-electron chi connectivity index (χ1n) is 12.2. The maximum absolute atomic E-state index is 12.3. The van der Waals surface area contributed by atoms with Crippen molar-refractivity contribution in [2.75, 3.05) is 50.7 Å². The van der Waals surface area contributed by atoms with Crippen LogP contribution in [-0.4, -0.2) is 78.4 Å². The first-order valence-corrected chi connectivity index (χ1v) is 13.1. The number of aliphatic hydroxyl groups is 1. The molecule has 32 heavy (non-hydrogen) atoms. The molecule has 0 atom stereocenters. The van der Waals surface area contributed by atoms with Crippen molar-refractivity contribution in [3.05, 3.63) is 29.6 Å². The zero-order valence-electron chi connectivity index (χ0n) is 19.1. The third-order valence-corrected chi connectivity index (χ3v) is 8.45. The van der Waals surface area contributed by atoms with Gasteiger partial charge in [0.05, 0.1) is 18.7 Å². The number of carbonyl (C=O) groups is 1. The summed E-state index contributed by atoms with van der Waals surface area (Å²) < 4.78 is 1.38. The fourth-order valence-electron chi connectivity index (χ4n) is 5.61. The number of anilines is 1. The molecule has 2 N–H and O–H groups in total. The Morgan fingerprint density at radius 1 is 1.12 bits per heavy atom. The molecule has 1 aromatic carbocycles. The molecule has 7 heteroatoms. The summed E-state index contributed by atoms with van der Waals surface area (Å²) in [6.45, 7) is 8.38. The summed E-state index contributed by atoms with van der Waals surface area (Å²) >= 11 is 1.83. The van der Waals surface area contributed by atoms with Gasteiger partial charge in [-0.3, -0.25) is 4.90 Å². The summed E-state index contributed by atoms with van der Waals surface area (Å²) in [5.74, 6) is 0.783. The summed E-state index contributed by atoms with van der Waals surface area (Å²) in [6, 6.07) is 9.23. The van der Waals surface area contributed by atoms with Gasteiger partial charge < -0.3 is 20.2 Å². The number of carbonyl (C=O) groups excluding carboxylic acids is 1. The molecule has 2 aliphatic heterocycles. The number of piperazine rings is 1. The number of amides is 2. The van der Waals surface area contributed by atoms with Crippen LogP contribution in [0.3, 0.4) is 0 Å². The van der Waals surface area contributed by atoms with Crippen LogP contribution < -0.4 is 10.2 Å². The number of fused-ring (bicyclic) bond motifs is 1. The number of thiophene rings is 1. The highest BCUT2D eigenvalue weighted by Crippen LogP contribution is 2.32. The molecule has 0 radical (unpaired) electrons. The molecule has 1 aliphatic carbocycles. The van der Waals surface area contributed by atoms with Crippen molar-refractivity contribution in [1.82, 2.24) is 15.1 Å². The second-order valence-electron chi connectivity index (χ2n) is 10.2. The fraction of sp³-hybridized carbons (Fsp3) is 0.640. The van der Waals surface area contributed by atoms with E-state index in [1.54, 1.807) is 11.8 Å². The van der Waals surface area contributed by atoms with Gasteiger partial charge in [0.25, 0.3) is 0 Å². The van der Waals surface area contributed by atoms with Gasteiger partial charge >= 0.3 is 6.03 Å². The molecule has 5 rings (SSSR count). The van der Waals surface area contributed by atoms with Gasteiger partial charge in [-0.2, -0.15) is 0 Å². The lowest BCUT2D eigenvalue weighted by atomic mass is 9.84. The van der Waals surface area contributed by atoms with Gasteiger partial charge in [0.2, 0.25) is 0 Å². The number of nitrogens with one attached hydrogen (secondary N) is 1. The highest BCUT2D eigenvalue weighted by molar-refractivity contribution is 7.17. The van der Waals surface area contributed by atoms with E-state index >= 15 is 0 Å². The highest BCUT2D eigenvalue weighted by atomic mass is 32.1. The Morgan fingerprint density at radius 2 is 1.88 bits per heavy atom. The molecule has 2 aromatic rings. The van der Waals surface area contributed by atoms with Crippen LogP contribution in [-0.2, 0) is 0 Å². The first kappa shape index (κ1) is 22.0. The number of nitrogens with zero attached hydrogens (tertiary/aromatic N) is 3. The van der Waals surface area contributed by atoms with Crippen molar-refractivity contribution >= 4 is 33.1 Å². The topological polar surface area (TPSA) is 59.1 Å². The fourth-order valence-corrected chi connectivity index (χ4v) is 6.42. The molecule has 174 valence electrons. The molecule has 0 unspecified atom stereocenters. The second-order valence-corrected chi connectivity index (χ2v) is 11.2. The number of benzene rings is 1. The number of β-amino-alcohol motifs (C(OH)–C–C–N with tert-alkyl or cyclic N) is 1. The Morgan fingerprint density at radius 3 is 2.59 bits per heavy atom. The van der Waals surface area contributed by atoms with Crippen molar-refractivity contribution in [1.29, 1.82) is 0 Å². The van der Waals surface area contributed by atoms with Crippen LogP contribution in [0.1, 0.15) is 39.0 Å². The predicted molar refractivity (Wildman–Crippen MR) is 132 cm³/mol. The van der Waals surface area contributed by atoms with Crippen LogP contribution in [0, 0.1) is 5.92 Å². The molecule has 3 heterocycles. The minimum atomic E-state index is -0.697. The van der Waals surface area contributed by atoms with Crippen molar-refractivity contribution in [2.24, 2.45) is 5.92 Å².